The van der Waals surface area contributed by atoms with Crippen LogP contribution in [0.15, 0.2) is 48.5 Å². The summed E-state index contributed by atoms with van der Waals surface area (Å²) in [5.41, 5.74) is 1.14. The second-order valence-electron chi connectivity index (χ2n) is 6.12. The molecule has 2 rings (SSSR count). The summed E-state index contributed by atoms with van der Waals surface area (Å²) in [6.07, 6.45) is 2.25. The summed E-state index contributed by atoms with van der Waals surface area (Å²) in [7, 11) is 0. The maximum Gasteiger partial charge on any atom is 0.331 e. The predicted molar refractivity (Wildman–Crippen MR) is 102 cm³/mol. The van der Waals surface area contributed by atoms with Gasteiger partial charge < -0.3 is 10.1 Å². The molecule has 0 aliphatic heterocycles. The summed E-state index contributed by atoms with van der Waals surface area (Å²) in [6, 6.07) is 14.0. The minimum Gasteiger partial charge on any atom is -0.449 e. The van der Waals surface area contributed by atoms with E-state index in [1.54, 1.807) is 24.3 Å². The van der Waals surface area contributed by atoms with Crippen LogP contribution in [0.5, 0.6) is 0 Å². The quantitative estimate of drug-likeness (QED) is 0.599. The van der Waals surface area contributed by atoms with E-state index >= 15 is 0 Å². The molecular formula is C20H23NO3S. The average Bonchev–Trinajstić information content (AvgIpc) is 3.07. The van der Waals surface area contributed by atoms with Crippen LogP contribution in [0, 0.1) is 5.92 Å². The van der Waals surface area contributed by atoms with Crippen LogP contribution in [0.1, 0.15) is 25.6 Å². The Kier molecular flexibility index (Phi) is 6.95. The van der Waals surface area contributed by atoms with E-state index in [9.17, 15) is 9.59 Å². The highest BCUT2D eigenvalue weighted by molar-refractivity contribution is 7.16. The summed E-state index contributed by atoms with van der Waals surface area (Å²) < 4.78 is 5.12. The van der Waals surface area contributed by atoms with E-state index in [0.29, 0.717) is 12.5 Å². The van der Waals surface area contributed by atoms with E-state index in [4.69, 9.17) is 4.74 Å². The van der Waals surface area contributed by atoms with Gasteiger partial charge in [0, 0.05) is 22.4 Å². The minimum atomic E-state index is -0.806. The van der Waals surface area contributed by atoms with Gasteiger partial charge in [-0.05, 0) is 36.6 Å². The van der Waals surface area contributed by atoms with Crippen LogP contribution in [0.25, 0.3) is 16.5 Å². The maximum absolute atomic E-state index is 11.9. The van der Waals surface area contributed by atoms with Crippen molar-refractivity contribution in [3.05, 3.63) is 53.4 Å². The zero-order chi connectivity index (χ0) is 18.2. The van der Waals surface area contributed by atoms with Gasteiger partial charge in [0.15, 0.2) is 6.10 Å². The number of ether oxygens (including phenoxy) is 1. The topological polar surface area (TPSA) is 55.4 Å². The Morgan fingerprint density at radius 1 is 1.12 bits per heavy atom. The third-order valence-corrected chi connectivity index (χ3v) is 4.52. The maximum atomic E-state index is 11.9. The molecule has 1 amide bonds. The Bertz CT molecular complexity index is 734. The first kappa shape index (κ1) is 18.9. The van der Waals surface area contributed by atoms with Crippen LogP contribution in [-0.2, 0) is 14.3 Å². The molecule has 0 bridgehead atoms. The van der Waals surface area contributed by atoms with E-state index in [1.165, 1.54) is 6.08 Å². The Labute approximate surface area is 152 Å². The standard InChI is InChI=1S/C20H23NO3S/c1-14(2)13-21-20(23)15(3)24-19(22)12-10-17-9-11-18(25-17)16-7-5-4-6-8-16/h4-12,14-15H,13H2,1-3H3,(H,21,23)/b12-10+/t15-/m0/s1. The number of amides is 1. The molecule has 1 atom stereocenters. The first-order valence-corrected chi connectivity index (χ1v) is 9.09. The van der Waals surface area contributed by atoms with Crippen molar-refractivity contribution in [2.24, 2.45) is 5.92 Å². The molecule has 0 saturated carbocycles. The first-order valence-electron chi connectivity index (χ1n) is 8.27. The van der Waals surface area contributed by atoms with Crippen molar-refractivity contribution in [3.63, 3.8) is 0 Å². The number of thiophene rings is 1. The highest BCUT2D eigenvalue weighted by Crippen LogP contribution is 2.28. The fourth-order valence-corrected chi connectivity index (χ4v) is 2.98. The van der Waals surface area contributed by atoms with Gasteiger partial charge in [0.2, 0.25) is 0 Å². The van der Waals surface area contributed by atoms with E-state index in [-0.39, 0.29) is 5.91 Å². The molecule has 5 heteroatoms. The van der Waals surface area contributed by atoms with E-state index in [1.807, 2.05) is 56.3 Å². The van der Waals surface area contributed by atoms with Crippen molar-refractivity contribution >= 4 is 29.3 Å². The summed E-state index contributed by atoms with van der Waals surface area (Å²) in [5, 5.41) is 2.74. The molecular weight excluding hydrogens is 334 g/mol. The molecule has 2 aromatic rings. The molecule has 1 aromatic heterocycles. The fourth-order valence-electron chi connectivity index (χ4n) is 2.07. The van der Waals surface area contributed by atoms with Crippen LogP contribution < -0.4 is 5.32 Å². The van der Waals surface area contributed by atoms with Gasteiger partial charge in [0.1, 0.15) is 0 Å². The molecule has 1 N–H and O–H groups in total. The van der Waals surface area contributed by atoms with Gasteiger partial charge in [-0.15, -0.1) is 11.3 Å². The van der Waals surface area contributed by atoms with E-state index in [0.717, 1.165) is 15.3 Å². The van der Waals surface area contributed by atoms with Crippen LogP contribution >= 0.6 is 11.3 Å². The lowest BCUT2D eigenvalue weighted by Gasteiger charge is -2.13. The van der Waals surface area contributed by atoms with Gasteiger partial charge in [-0.1, -0.05) is 44.2 Å². The normalized spacial score (nSPS) is 12.3. The summed E-state index contributed by atoms with van der Waals surface area (Å²) in [5.74, 6) is -0.454. The van der Waals surface area contributed by atoms with Gasteiger partial charge in [-0.3, -0.25) is 4.79 Å². The first-order chi connectivity index (χ1) is 12.0. The van der Waals surface area contributed by atoms with Crippen LogP contribution in [0.2, 0.25) is 0 Å². The lowest BCUT2D eigenvalue weighted by Crippen LogP contribution is -2.37. The fraction of sp³-hybridized carbons (Fsp3) is 0.300. The molecule has 1 aromatic carbocycles. The monoisotopic (exact) mass is 357 g/mol. The number of carbonyl (C=O) groups is 2. The van der Waals surface area contributed by atoms with Gasteiger partial charge >= 0.3 is 5.97 Å². The average molecular weight is 357 g/mol. The second-order valence-corrected chi connectivity index (χ2v) is 7.23. The molecule has 0 unspecified atom stereocenters. The summed E-state index contributed by atoms with van der Waals surface area (Å²) >= 11 is 1.59. The van der Waals surface area contributed by atoms with Crippen molar-refractivity contribution in [1.29, 1.82) is 0 Å². The van der Waals surface area contributed by atoms with E-state index < -0.39 is 12.1 Å². The van der Waals surface area contributed by atoms with Gasteiger partial charge in [-0.2, -0.15) is 0 Å². The molecule has 0 aliphatic rings. The number of nitrogens with one attached hydrogen (secondary N) is 1. The second kappa shape index (κ2) is 9.18. The molecule has 0 aliphatic carbocycles. The van der Waals surface area contributed by atoms with Crippen molar-refractivity contribution in [2.75, 3.05) is 6.54 Å². The number of hydrogen-bond acceptors (Lipinski definition) is 4. The highest BCUT2D eigenvalue weighted by atomic mass is 32.1. The SMILES string of the molecule is CC(C)CNC(=O)[C@H](C)OC(=O)/C=C/c1ccc(-c2ccccc2)s1. The Morgan fingerprint density at radius 3 is 2.52 bits per heavy atom. The molecule has 0 fully saturated rings. The lowest BCUT2D eigenvalue weighted by atomic mass is 10.2. The smallest absolute Gasteiger partial charge is 0.331 e. The van der Waals surface area contributed by atoms with Crippen molar-refractivity contribution < 1.29 is 14.3 Å². The zero-order valence-electron chi connectivity index (χ0n) is 14.7. The highest BCUT2D eigenvalue weighted by Gasteiger charge is 2.16. The predicted octanol–water partition coefficient (Wildman–Crippen LogP) is 4.13. The number of esters is 1. The molecule has 25 heavy (non-hydrogen) atoms. The molecule has 0 saturated heterocycles. The molecule has 132 valence electrons. The minimum absolute atomic E-state index is 0.280. The number of carbonyl (C=O) groups excluding carboxylic acids is 2. The largest absolute Gasteiger partial charge is 0.449 e. The number of benzene rings is 1. The Balaban J connectivity index is 1.88. The molecule has 0 radical (unpaired) electrons. The van der Waals surface area contributed by atoms with Gasteiger partial charge in [-0.25, -0.2) is 4.79 Å². The number of hydrogen-bond donors (Lipinski definition) is 1. The lowest BCUT2D eigenvalue weighted by molar-refractivity contribution is -0.150. The third kappa shape index (κ3) is 6.19. The molecule has 4 nitrogen and oxygen atoms in total. The van der Waals surface area contributed by atoms with Crippen LogP contribution in [0.4, 0.5) is 0 Å². The summed E-state index contributed by atoms with van der Waals surface area (Å²) in [6.45, 7) is 6.14. The third-order valence-electron chi connectivity index (χ3n) is 3.42. The zero-order valence-corrected chi connectivity index (χ0v) is 15.5. The Morgan fingerprint density at radius 2 is 1.84 bits per heavy atom. The van der Waals surface area contributed by atoms with Gasteiger partial charge in [0.05, 0.1) is 0 Å². The van der Waals surface area contributed by atoms with Gasteiger partial charge in [0.25, 0.3) is 5.91 Å². The molecule has 0 spiro atoms. The summed E-state index contributed by atoms with van der Waals surface area (Å²) in [4.78, 5) is 25.8. The molecule has 1 heterocycles. The number of rotatable bonds is 7. The van der Waals surface area contributed by atoms with Crippen molar-refractivity contribution in [2.45, 2.75) is 26.9 Å². The van der Waals surface area contributed by atoms with Crippen LogP contribution in [-0.4, -0.2) is 24.5 Å². The Hall–Kier alpha value is -2.40. The van der Waals surface area contributed by atoms with Crippen molar-refractivity contribution in [3.8, 4) is 10.4 Å². The van der Waals surface area contributed by atoms with Crippen LogP contribution in [0.3, 0.4) is 0 Å². The van der Waals surface area contributed by atoms with E-state index in [2.05, 4.69) is 5.32 Å². The van der Waals surface area contributed by atoms with Crippen molar-refractivity contribution in [1.82, 2.24) is 5.32 Å².